The van der Waals surface area contributed by atoms with E-state index in [9.17, 15) is 32.8 Å². The summed E-state index contributed by atoms with van der Waals surface area (Å²) in [5.41, 5.74) is 5.81. The lowest BCUT2D eigenvalue weighted by atomic mass is 10.0. The highest BCUT2D eigenvalue weighted by Crippen LogP contribution is 2.30. The van der Waals surface area contributed by atoms with E-state index < -0.39 is 17.7 Å². The number of hydrogen-bond donors (Lipinski definition) is 5. The maximum Gasteiger partial charge on any atom is 0.258 e. The molecule has 0 bridgehead atoms. The van der Waals surface area contributed by atoms with Crippen molar-refractivity contribution in [2.75, 3.05) is 91.3 Å². The van der Waals surface area contributed by atoms with Crippen LogP contribution in [0.15, 0.2) is 78.9 Å². The fourth-order valence-electron chi connectivity index (χ4n) is 9.26. The third-order valence-corrected chi connectivity index (χ3v) is 13.0. The Balaban J connectivity index is 0.767. The van der Waals surface area contributed by atoms with Crippen molar-refractivity contribution >= 4 is 69.0 Å². The SMILES string of the molecule is O=C1CCC(Nc2ccc(N3CCN(C(=O)CCC(=O)N4CCN(c5ccc(C(=O)Nc6n[nH]c7ccc(Cc8cc(F)cc(F)c8)cc67)c(NC6CCOCC6)c5)CC4)CC3)cc2)C(=O)N1. The summed E-state index contributed by atoms with van der Waals surface area (Å²) >= 11 is 0. The third kappa shape index (κ3) is 11.0. The lowest BCUT2D eigenvalue weighted by Crippen LogP contribution is -2.50. The zero-order chi connectivity index (χ0) is 46.4. The number of hydrogen-bond acceptors (Lipinski definition) is 11. The molecule has 4 aliphatic heterocycles. The number of anilines is 5. The van der Waals surface area contributed by atoms with Crippen LogP contribution >= 0.6 is 0 Å². The van der Waals surface area contributed by atoms with Crippen LogP contribution in [0.4, 0.5) is 37.3 Å². The number of H-pyrrole nitrogens is 1. The zero-order valence-corrected chi connectivity index (χ0v) is 37.1. The molecule has 1 aromatic heterocycles. The van der Waals surface area contributed by atoms with Gasteiger partial charge in [-0.2, -0.15) is 5.10 Å². The predicted molar refractivity (Wildman–Crippen MR) is 250 cm³/mol. The molecule has 67 heavy (non-hydrogen) atoms. The summed E-state index contributed by atoms with van der Waals surface area (Å²) in [6.45, 7) is 5.83. The molecule has 4 aliphatic rings. The van der Waals surface area contributed by atoms with Gasteiger partial charge in [-0.15, -0.1) is 0 Å². The Kier molecular flexibility index (Phi) is 13.6. The standard InChI is InChI=1S/C49H54F2N10O6/c50-33-26-32(27-34(51)29-33)25-31-1-8-41-40(28-31)47(57-56-41)55-48(65)39-7-6-38(30-43(39)53-36-13-23-67-24-14-36)59-17-21-61(22-18-59)46(64)12-11-45(63)60-19-15-58(16-20-60)37-4-2-35(3-5-37)52-42-9-10-44(62)54-49(42)66/h1-8,26-30,36,42,52-53H,9-25H2,(H,54,62,66)(H2,55,56,57,65). The Morgan fingerprint density at radius 2 is 1.34 bits per heavy atom. The number of amides is 5. The summed E-state index contributed by atoms with van der Waals surface area (Å²) in [5.74, 6) is -1.96. The van der Waals surface area contributed by atoms with E-state index in [1.54, 1.807) is 6.07 Å². The highest BCUT2D eigenvalue weighted by Gasteiger charge is 2.28. The summed E-state index contributed by atoms with van der Waals surface area (Å²) in [6.07, 6.45) is 2.92. The molecule has 0 radical (unpaired) electrons. The minimum atomic E-state index is -0.643. The highest BCUT2D eigenvalue weighted by atomic mass is 19.1. The molecular weight excluding hydrogens is 863 g/mol. The first kappa shape index (κ1) is 45.1. The van der Waals surface area contributed by atoms with Crippen LogP contribution in [0.1, 0.15) is 60.0 Å². The molecular formula is C49H54F2N10O6. The molecule has 1 unspecified atom stereocenters. The number of rotatable bonds is 13. The molecule has 16 nitrogen and oxygen atoms in total. The second-order valence-electron chi connectivity index (χ2n) is 17.6. The van der Waals surface area contributed by atoms with Crippen molar-refractivity contribution in [3.63, 3.8) is 0 Å². The van der Waals surface area contributed by atoms with Crippen LogP contribution in [0, 0.1) is 11.6 Å². The topological polar surface area (TPSA) is 184 Å². The third-order valence-electron chi connectivity index (χ3n) is 13.0. The maximum absolute atomic E-state index is 14.0. The van der Waals surface area contributed by atoms with E-state index in [-0.39, 0.29) is 48.4 Å². The Hall–Kier alpha value is -7.08. The molecule has 0 spiro atoms. The monoisotopic (exact) mass is 916 g/mol. The quantitative estimate of drug-likeness (QED) is 0.0971. The van der Waals surface area contributed by atoms with Gasteiger partial charge in [-0.05, 0) is 104 Å². The lowest BCUT2D eigenvalue weighted by Gasteiger charge is -2.37. The van der Waals surface area contributed by atoms with Crippen molar-refractivity contribution in [2.45, 2.75) is 57.0 Å². The molecule has 5 aromatic rings. The summed E-state index contributed by atoms with van der Waals surface area (Å²) in [4.78, 5) is 72.3. The number of nitrogens with zero attached hydrogens (tertiary/aromatic N) is 5. The van der Waals surface area contributed by atoms with Crippen LogP contribution in [-0.4, -0.2) is 127 Å². The number of benzene rings is 4. The second kappa shape index (κ2) is 20.2. The smallest absolute Gasteiger partial charge is 0.258 e. The Morgan fingerprint density at radius 1 is 0.701 bits per heavy atom. The first-order valence-corrected chi connectivity index (χ1v) is 23.0. The van der Waals surface area contributed by atoms with Gasteiger partial charge in [0.1, 0.15) is 17.7 Å². The summed E-state index contributed by atoms with van der Waals surface area (Å²) in [5, 5.41) is 20.1. The molecule has 0 aliphatic carbocycles. The number of fused-ring (bicyclic) bond motifs is 1. The average molecular weight is 917 g/mol. The molecule has 9 rings (SSSR count). The summed E-state index contributed by atoms with van der Waals surface area (Å²) in [6, 6.07) is 22.1. The van der Waals surface area contributed by atoms with E-state index in [0.29, 0.717) is 118 Å². The van der Waals surface area contributed by atoms with Crippen LogP contribution in [0.3, 0.4) is 0 Å². The van der Waals surface area contributed by atoms with Gasteiger partial charge in [-0.25, -0.2) is 8.78 Å². The fourth-order valence-corrected chi connectivity index (χ4v) is 9.26. The van der Waals surface area contributed by atoms with Crippen LogP contribution in [0.5, 0.6) is 0 Å². The van der Waals surface area contributed by atoms with Gasteiger partial charge in [0.05, 0.1) is 11.1 Å². The normalized spacial score (nSPS) is 18.2. The number of carbonyl (C=O) groups is 5. The van der Waals surface area contributed by atoms with Gasteiger partial charge in [-0.1, -0.05) is 6.07 Å². The Morgan fingerprint density at radius 3 is 2.00 bits per heavy atom. The number of ether oxygens (including phenoxy) is 1. The van der Waals surface area contributed by atoms with Gasteiger partial charge in [0, 0.05) is 125 Å². The van der Waals surface area contributed by atoms with Crippen molar-refractivity contribution in [3.8, 4) is 0 Å². The van der Waals surface area contributed by atoms with E-state index >= 15 is 0 Å². The molecule has 5 N–H and O–H groups in total. The van der Waals surface area contributed by atoms with Gasteiger partial charge in [0.25, 0.3) is 5.91 Å². The molecule has 350 valence electrons. The molecule has 4 aromatic carbocycles. The number of nitrogens with one attached hydrogen (secondary N) is 5. The number of aromatic nitrogens is 2. The average Bonchev–Trinajstić information content (AvgIpc) is 3.73. The minimum absolute atomic E-state index is 0.0342. The first-order chi connectivity index (χ1) is 32.5. The molecule has 0 saturated carbocycles. The largest absolute Gasteiger partial charge is 0.381 e. The van der Waals surface area contributed by atoms with Crippen molar-refractivity contribution in [1.29, 1.82) is 0 Å². The van der Waals surface area contributed by atoms with Crippen molar-refractivity contribution < 1.29 is 37.5 Å². The van der Waals surface area contributed by atoms with E-state index in [1.807, 2.05) is 64.4 Å². The molecule has 5 heterocycles. The lowest BCUT2D eigenvalue weighted by molar-refractivity contribution is -0.137. The molecule has 4 fully saturated rings. The van der Waals surface area contributed by atoms with E-state index in [4.69, 9.17) is 4.74 Å². The Labute approximate surface area is 386 Å². The highest BCUT2D eigenvalue weighted by molar-refractivity contribution is 6.11. The van der Waals surface area contributed by atoms with Gasteiger partial charge in [0.15, 0.2) is 5.82 Å². The van der Waals surface area contributed by atoms with E-state index in [1.165, 1.54) is 12.1 Å². The summed E-state index contributed by atoms with van der Waals surface area (Å²) < 4.78 is 33.4. The number of halogens is 2. The van der Waals surface area contributed by atoms with Crippen molar-refractivity contribution in [2.24, 2.45) is 0 Å². The molecule has 1 atom stereocenters. The van der Waals surface area contributed by atoms with Gasteiger partial charge >= 0.3 is 0 Å². The van der Waals surface area contributed by atoms with Gasteiger partial charge in [-0.3, -0.25) is 34.4 Å². The second-order valence-corrected chi connectivity index (χ2v) is 17.6. The molecule has 4 saturated heterocycles. The van der Waals surface area contributed by atoms with E-state index in [0.717, 1.165) is 41.5 Å². The number of piperidine rings is 1. The fraction of sp³-hybridized carbons (Fsp3) is 0.388. The van der Waals surface area contributed by atoms with Crippen molar-refractivity contribution in [1.82, 2.24) is 25.3 Å². The Bertz CT molecular complexity index is 2620. The predicted octanol–water partition coefficient (Wildman–Crippen LogP) is 5.27. The molecule has 5 amide bonds. The van der Waals surface area contributed by atoms with Crippen LogP contribution < -0.4 is 31.1 Å². The van der Waals surface area contributed by atoms with Gasteiger partial charge in [0.2, 0.25) is 23.6 Å². The number of carbonyl (C=O) groups excluding carboxylic acids is 5. The number of aromatic amines is 1. The van der Waals surface area contributed by atoms with Crippen molar-refractivity contribution in [3.05, 3.63) is 107 Å². The summed E-state index contributed by atoms with van der Waals surface area (Å²) in [7, 11) is 0. The number of imide groups is 1. The minimum Gasteiger partial charge on any atom is -0.381 e. The van der Waals surface area contributed by atoms with Crippen LogP contribution in [0.2, 0.25) is 0 Å². The van der Waals surface area contributed by atoms with E-state index in [2.05, 4.69) is 41.3 Å². The maximum atomic E-state index is 14.0. The zero-order valence-electron chi connectivity index (χ0n) is 37.1. The number of piperazine rings is 2. The van der Waals surface area contributed by atoms with Gasteiger partial charge < -0.3 is 40.3 Å². The van der Waals surface area contributed by atoms with Crippen LogP contribution in [-0.2, 0) is 30.3 Å². The molecule has 18 heteroatoms. The first-order valence-electron chi connectivity index (χ1n) is 23.0. The van der Waals surface area contributed by atoms with Crippen LogP contribution in [0.25, 0.3) is 10.9 Å².